The lowest BCUT2D eigenvalue weighted by atomic mass is 10.2. The molecule has 1 aromatic carbocycles. The molecule has 0 aliphatic carbocycles. The summed E-state index contributed by atoms with van der Waals surface area (Å²) in [6.45, 7) is 0. The average molecular weight is 255 g/mol. The summed E-state index contributed by atoms with van der Waals surface area (Å²) in [7, 11) is 0. The molecule has 0 atom stereocenters. The Balaban J connectivity index is 2.80. The van der Waals surface area contributed by atoms with Crippen molar-refractivity contribution in [3.8, 4) is 0 Å². The van der Waals surface area contributed by atoms with Crippen molar-refractivity contribution in [2.24, 2.45) is 0 Å². The standard InChI is InChI=1S/C9H3Cl2F3O/c10-4-1-5-6(9(12,13)14)3-15-8(5)7(11)2-4/h1-3H. The number of fused-ring (bicyclic) bond motifs is 1. The predicted molar refractivity (Wildman–Crippen MR) is 51.2 cm³/mol. The molecule has 2 aromatic rings. The third-order valence-corrected chi connectivity index (χ3v) is 2.40. The Morgan fingerprint density at radius 1 is 1.13 bits per heavy atom. The largest absolute Gasteiger partial charge is 0.462 e. The van der Waals surface area contributed by atoms with E-state index in [0.29, 0.717) is 6.26 Å². The van der Waals surface area contributed by atoms with E-state index in [4.69, 9.17) is 27.6 Å². The van der Waals surface area contributed by atoms with Crippen LogP contribution in [-0.2, 0) is 6.18 Å². The second-order valence-corrected chi connectivity index (χ2v) is 3.76. The first kappa shape index (κ1) is 10.6. The van der Waals surface area contributed by atoms with E-state index in [9.17, 15) is 13.2 Å². The summed E-state index contributed by atoms with van der Waals surface area (Å²) >= 11 is 11.3. The molecular weight excluding hydrogens is 252 g/mol. The minimum atomic E-state index is -4.47. The van der Waals surface area contributed by atoms with Gasteiger partial charge < -0.3 is 4.42 Å². The van der Waals surface area contributed by atoms with Gasteiger partial charge in [-0.25, -0.2) is 0 Å². The molecule has 80 valence electrons. The number of alkyl halides is 3. The second kappa shape index (κ2) is 3.32. The van der Waals surface area contributed by atoms with Gasteiger partial charge >= 0.3 is 6.18 Å². The molecule has 1 heterocycles. The average Bonchev–Trinajstić information content (AvgIpc) is 2.45. The van der Waals surface area contributed by atoms with Gasteiger partial charge in [0.15, 0.2) is 5.58 Å². The van der Waals surface area contributed by atoms with Crippen LogP contribution in [0.1, 0.15) is 5.56 Å². The fourth-order valence-corrected chi connectivity index (χ4v) is 1.82. The molecule has 0 saturated carbocycles. The second-order valence-electron chi connectivity index (χ2n) is 2.91. The third-order valence-electron chi connectivity index (χ3n) is 1.90. The fraction of sp³-hybridized carbons (Fsp3) is 0.111. The summed E-state index contributed by atoms with van der Waals surface area (Å²) in [5.74, 6) is 0. The van der Waals surface area contributed by atoms with Gasteiger partial charge in [-0.3, -0.25) is 0 Å². The van der Waals surface area contributed by atoms with Crippen molar-refractivity contribution >= 4 is 34.2 Å². The molecule has 0 aliphatic rings. The van der Waals surface area contributed by atoms with E-state index in [-0.39, 0.29) is 21.0 Å². The molecule has 0 saturated heterocycles. The van der Waals surface area contributed by atoms with Crippen LogP contribution in [0.25, 0.3) is 11.0 Å². The van der Waals surface area contributed by atoms with Crippen molar-refractivity contribution in [1.82, 2.24) is 0 Å². The number of halogens is 5. The van der Waals surface area contributed by atoms with Crippen LogP contribution in [0.3, 0.4) is 0 Å². The Morgan fingerprint density at radius 3 is 2.40 bits per heavy atom. The Bertz CT molecular complexity index is 516. The van der Waals surface area contributed by atoms with Gasteiger partial charge in [0, 0.05) is 10.4 Å². The first-order valence-electron chi connectivity index (χ1n) is 3.83. The summed E-state index contributed by atoms with van der Waals surface area (Å²) in [5.41, 5.74) is -0.879. The molecule has 2 rings (SSSR count). The van der Waals surface area contributed by atoms with Gasteiger partial charge in [-0.05, 0) is 12.1 Å². The summed E-state index contributed by atoms with van der Waals surface area (Å²) < 4.78 is 42.2. The topological polar surface area (TPSA) is 13.1 Å². The molecule has 6 heteroatoms. The lowest BCUT2D eigenvalue weighted by Gasteiger charge is -2.03. The molecule has 0 bridgehead atoms. The highest BCUT2D eigenvalue weighted by molar-refractivity contribution is 6.38. The maximum Gasteiger partial charge on any atom is 0.420 e. The van der Waals surface area contributed by atoms with Crippen LogP contribution in [0.4, 0.5) is 13.2 Å². The van der Waals surface area contributed by atoms with Crippen molar-refractivity contribution in [3.05, 3.63) is 34.0 Å². The molecule has 0 fully saturated rings. The van der Waals surface area contributed by atoms with Gasteiger partial charge in [-0.1, -0.05) is 23.2 Å². The predicted octanol–water partition coefficient (Wildman–Crippen LogP) is 4.76. The fourth-order valence-electron chi connectivity index (χ4n) is 1.28. The smallest absolute Gasteiger partial charge is 0.420 e. The van der Waals surface area contributed by atoms with Crippen LogP contribution in [0, 0.1) is 0 Å². The molecule has 0 unspecified atom stereocenters. The van der Waals surface area contributed by atoms with Crippen LogP contribution < -0.4 is 0 Å². The summed E-state index contributed by atoms with van der Waals surface area (Å²) in [6, 6.07) is 2.50. The maximum absolute atomic E-state index is 12.5. The minimum Gasteiger partial charge on any atom is -0.462 e. The molecular formula is C9H3Cl2F3O. The summed E-state index contributed by atoms with van der Waals surface area (Å²) in [5, 5.41) is 0.0763. The number of hydrogen-bond donors (Lipinski definition) is 0. The van der Waals surface area contributed by atoms with Crippen molar-refractivity contribution in [2.75, 3.05) is 0 Å². The molecule has 15 heavy (non-hydrogen) atoms. The monoisotopic (exact) mass is 254 g/mol. The van der Waals surface area contributed by atoms with Gasteiger partial charge in [0.1, 0.15) is 11.8 Å². The van der Waals surface area contributed by atoms with Crippen molar-refractivity contribution in [2.45, 2.75) is 6.18 Å². The van der Waals surface area contributed by atoms with Gasteiger partial charge in [0.2, 0.25) is 0 Å². The third kappa shape index (κ3) is 1.79. The lowest BCUT2D eigenvalue weighted by molar-refractivity contribution is -0.136. The molecule has 0 aliphatic heterocycles. The Kier molecular flexibility index (Phi) is 2.35. The lowest BCUT2D eigenvalue weighted by Crippen LogP contribution is -2.03. The van der Waals surface area contributed by atoms with E-state index < -0.39 is 11.7 Å². The Hall–Kier alpha value is -0.870. The first-order chi connectivity index (χ1) is 6.89. The van der Waals surface area contributed by atoms with E-state index in [0.717, 1.165) is 0 Å². The van der Waals surface area contributed by atoms with Crippen LogP contribution in [0.5, 0.6) is 0 Å². The maximum atomic E-state index is 12.5. The number of benzene rings is 1. The highest BCUT2D eigenvalue weighted by Gasteiger charge is 2.35. The zero-order chi connectivity index (χ0) is 11.2. The van der Waals surface area contributed by atoms with E-state index >= 15 is 0 Å². The molecule has 0 N–H and O–H groups in total. The Morgan fingerprint density at radius 2 is 1.80 bits per heavy atom. The van der Waals surface area contributed by atoms with E-state index in [1.807, 2.05) is 0 Å². The van der Waals surface area contributed by atoms with Crippen molar-refractivity contribution in [3.63, 3.8) is 0 Å². The SMILES string of the molecule is FC(F)(F)c1coc2c(Cl)cc(Cl)cc12. The van der Waals surface area contributed by atoms with E-state index in [2.05, 4.69) is 0 Å². The highest BCUT2D eigenvalue weighted by Crippen LogP contribution is 2.39. The van der Waals surface area contributed by atoms with Gasteiger partial charge in [0.25, 0.3) is 0 Å². The van der Waals surface area contributed by atoms with Crippen LogP contribution in [-0.4, -0.2) is 0 Å². The quantitative estimate of drug-likeness (QED) is 0.661. The molecule has 0 amide bonds. The van der Waals surface area contributed by atoms with E-state index in [1.165, 1.54) is 12.1 Å². The zero-order valence-corrected chi connectivity index (χ0v) is 8.54. The molecule has 0 spiro atoms. The first-order valence-corrected chi connectivity index (χ1v) is 4.58. The van der Waals surface area contributed by atoms with Crippen LogP contribution in [0.15, 0.2) is 22.8 Å². The molecule has 1 nitrogen and oxygen atoms in total. The van der Waals surface area contributed by atoms with E-state index in [1.54, 1.807) is 0 Å². The van der Waals surface area contributed by atoms with Crippen LogP contribution >= 0.6 is 23.2 Å². The molecule has 1 aromatic heterocycles. The van der Waals surface area contributed by atoms with Crippen LogP contribution in [0.2, 0.25) is 10.0 Å². The number of furan rings is 1. The highest BCUT2D eigenvalue weighted by atomic mass is 35.5. The van der Waals surface area contributed by atoms with Gasteiger partial charge in [-0.15, -0.1) is 0 Å². The number of rotatable bonds is 0. The zero-order valence-electron chi connectivity index (χ0n) is 7.03. The van der Waals surface area contributed by atoms with Gasteiger partial charge in [0.05, 0.1) is 5.02 Å². The summed E-state index contributed by atoms with van der Waals surface area (Å²) in [6.07, 6.45) is -3.84. The van der Waals surface area contributed by atoms with Crippen molar-refractivity contribution in [1.29, 1.82) is 0 Å². The number of hydrogen-bond acceptors (Lipinski definition) is 1. The van der Waals surface area contributed by atoms with Gasteiger partial charge in [-0.2, -0.15) is 13.2 Å². The van der Waals surface area contributed by atoms with Crippen molar-refractivity contribution < 1.29 is 17.6 Å². The Labute approximate surface area is 92.4 Å². The minimum absolute atomic E-state index is 0.00612. The normalized spacial score (nSPS) is 12.3. The molecule has 0 radical (unpaired) electrons. The summed E-state index contributed by atoms with van der Waals surface area (Å²) in [4.78, 5) is 0.